The van der Waals surface area contributed by atoms with E-state index in [0.29, 0.717) is 30.6 Å². The molecule has 0 heterocycles. The van der Waals surface area contributed by atoms with Crippen molar-refractivity contribution in [2.75, 3.05) is 25.7 Å². The Balaban J connectivity index is 2.16. The topological polar surface area (TPSA) is 53.9 Å². The lowest BCUT2D eigenvalue weighted by molar-refractivity contribution is -0.107. The van der Waals surface area contributed by atoms with Gasteiger partial charge in [0.15, 0.2) is 0 Å². The van der Waals surface area contributed by atoms with Gasteiger partial charge in [-0.25, -0.2) is 0 Å². The summed E-state index contributed by atoms with van der Waals surface area (Å²) in [6.07, 6.45) is 6.00. The quantitative estimate of drug-likeness (QED) is 0.274. The van der Waals surface area contributed by atoms with Crippen molar-refractivity contribution >= 4 is 24.4 Å². The highest BCUT2D eigenvalue weighted by atomic mass is 16.5. The van der Waals surface area contributed by atoms with Crippen molar-refractivity contribution in [3.05, 3.63) is 42.0 Å². The molecule has 0 aliphatic heterocycles. The number of rotatable bonds is 13. The summed E-state index contributed by atoms with van der Waals surface area (Å²) in [5.74, 6) is 0.713. The third-order valence-corrected chi connectivity index (χ3v) is 5.33. The Morgan fingerprint density at radius 1 is 1.17 bits per heavy atom. The van der Waals surface area contributed by atoms with E-state index in [1.165, 1.54) is 12.8 Å². The predicted octanol–water partition coefficient (Wildman–Crippen LogP) is 5.39. The third kappa shape index (κ3) is 6.42. The zero-order chi connectivity index (χ0) is 21.9. The number of hydrogen-bond donors (Lipinski definition) is 1. The molecule has 0 bridgehead atoms. The minimum Gasteiger partial charge on any atom is -0.476 e. The molecule has 1 atom stereocenters. The molecule has 5 heteroatoms. The Labute approximate surface area is 181 Å². The van der Waals surface area contributed by atoms with E-state index in [0.717, 1.165) is 41.5 Å². The summed E-state index contributed by atoms with van der Waals surface area (Å²) in [6.45, 7) is 8.56. The predicted molar refractivity (Wildman–Crippen MR) is 127 cm³/mol. The van der Waals surface area contributed by atoms with Gasteiger partial charge in [-0.15, -0.1) is 0 Å². The molecule has 1 N–H and O–H groups in total. The average molecular weight is 410 g/mol. The van der Waals surface area contributed by atoms with Crippen LogP contribution in [-0.4, -0.2) is 39.9 Å². The van der Waals surface area contributed by atoms with E-state index in [1.807, 2.05) is 43.3 Å². The normalized spacial score (nSPS) is 11.7. The van der Waals surface area contributed by atoms with Crippen LogP contribution in [-0.2, 0) is 11.2 Å². The standard InChI is InChI=1S/C25H35N3O2/c1-6-8-9-22(7-2)27-18-30-25-13-11-20(17-23(25)26-3)19-10-12-24(28(4)5)21(16-19)14-15-29/h10-13,15-17,22,27H,3,6-9,14,18H2,1-2,4-5H3. The number of carbonyl (C=O) groups excluding carboxylic acids is 1. The zero-order valence-electron chi connectivity index (χ0n) is 18.8. The number of nitrogens with zero attached hydrogens (tertiary/aromatic N) is 2. The van der Waals surface area contributed by atoms with E-state index in [2.05, 4.69) is 43.0 Å². The van der Waals surface area contributed by atoms with Crippen LogP contribution in [0.2, 0.25) is 0 Å². The molecule has 0 radical (unpaired) electrons. The Hall–Kier alpha value is -2.66. The first-order valence-corrected chi connectivity index (χ1v) is 10.7. The van der Waals surface area contributed by atoms with Crippen LogP contribution >= 0.6 is 0 Å². The van der Waals surface area contributed by atoms with Crippen LogP contribution in [0.1, 0.15) is 45.1 Å². The van der Waals surface area contributed by atoms with Crippen LogP contribution < -0.4 is 15.0 Å². The average Bonchev–Trinajstić information content (AvgIpc) is 2.76. The number of hydrogen-bond acceptors (Lipinski definition) is 5. The van der Waals surface area contributed by atoms with Gasteiger partial charge in [0, 0.05) is 32.2 Å². The van der Waals surface area contributed by atoms with Gasteiger partial charge in [-0.2, -0.15) is 0 Å². The van der Waals surface area contributed by atoms with Crippen molar-refractivity contribution < 1.29 is 9.53 Å². The summed E-state index contributed by atoms with van der Waals surface area (Å²) in [5, 5.41) is 3.47. The zero-order valence-corrected chi connectivity index (χ0v) is 18.8. The Kier molecular flexibility index (Phi) is 9.55. The molecule has 0 saturated carbocycles. The number of unbranched alkanes of at least 4 members (excludes halogenated alkanes) is 1. The minimum absolute atomic E-state index is 0.386. The van der Waals surface area contributed by atoms with Crippen molar-refractivity contribution in [2.45, 2.75) is 52.0 Å². The number of carbonyl (C=O) groups is 1. The monoisotopic (exact) mass is 409 g/mol. The fraction of sp³-hybridized carbons (Fsp3) is 0.440. The van der Waals surface area contributed by atoms with E-state index in [4.69, 9.17) is 4.74 Å². The van der Waals surface area contributed by atoms with E-state index in [-0.39, 0.29) is 0 Å². The Morgan fingerprint density at radius 2 is 1.90 bits per heavy atom. The van der Waals surface area contributed by atoms with E-state index >= 15 is 0 Å². The molecule has 0 fully saturated rings. The van der Waals surface area contributed by atoms with Crippen molar-refractivity contribution in [3.8, 4) is 16.9 Å². The molecule has 0 spiro atoms. The molecule has 0 amide bonds. The lowest BCUT2D eigenvalue weighted by Gasteiger charge is -2.19. The first-order valence-electron chi connectivity index (χ1n) is 10.7. The van der Waals surface area contributed by atoms with Gasteiger partial charge in [-0.3, -0.25) is 10.3 Å². The van der Waals surface area contributed by atoms with Gasteiger partial charge in [-0.05, 0) is 60.5 Å². The van der Waals surface area contributed by atoms with Crippen LogP contribution in [0.25, 0.3) is 11.1 Å². The van der Waals surface area contributed by atoms with E-state index in [9.17, 15) is 4.79 Å². The summed E-state index contributed by atoms with van der Waals surface area (Å²) < 4.78 is 5.95. The highest BCUT2D eigenvalue weighted by Crippen LogP contribution is 2.34. The lowest BCUT2D eigenvalue weighted by Crippen LogP contribution is -2.31. The molecule has 0 aliphatic rings. The fourth-order valence-corrected chi connectivity index (χ4v) is 3.54. The number of anilines is 1. The third-order valence-electron chi connectivity index (χ3n) is 5.33. The number of ether oxygens (including phenoxy) is 1. The number of nitrogens with one attached hydrogen (secondary N) is 1. The molecular formula is C25H35N3O2. The Bertz CT molecular complexity index is 833. The SMILES string of the molecule is C=Nc1cc(-c2ccc(N(C)C)c(CC=O)c2)ccc1OCNC(CC)CCCC. The maximum atomic E-state index is 11.1. The van der Waals surface area contributed by atoms with E-state index < -0.39 is 0 Å². The second-order valence-electron chi connectivity index (χ2n) is 7.69. The number of aldehydes is 1. The van der Waals surface area contributed by atoms with Gasteiger partial charge in [0.2, 0.25) is 0 Å². The molecule has 30 heavy (non-hydrogen) atoms. The molecule has 0 saturated heterocycles. The summed E-state index contributed by atoms with van der Waals surface area (Å²) >= 11 is 0. The number of aliphatic imine (C=N–C) groups is 1. The first kappa shape index (κ1) is 23.6. The smallest absolute Gasteiger partial charge is 0.146 e. The van der Waals surface area contributed by atoms with Crippen LogP contribution in [0.4, 0.5) is 11.4 Å². The summed E-state index contributed by atoms with van der Waals surface area (Å²) in [7, 11) is 3.96. The van der Waals surface area contributed by atoms with Crippen LogP contribution in [0.15, 0.2) is 41.4 Å². The van der Waals surface area contributed by atoms with Crippen LogP contribution in [0, 0.1) is 0 Å². The molecule has 162 valence electrons. The molecular weight excluding hydrogens is 374 g/mol. The molecule has 1 unspecified atom stereocenters. The first-order chi connectivity index (χ1) is 14.5. The van der Waals surface area contributed by atoms with Gasteiger partial charge >= 0.3 is 0 Å². The van der Waals surface area contributed by atoms with Gasteiger partial charge in [0.25, 0.3) is 0 Å². The maximum Gasteiger partial charge on any atom is 0.146 e. The second kappa shape index (κ2) is 12.1. The van der Waals surface area contributed by atoms with E-state index in [1.54, 1.807) is 0 Å². The molecule has 2 aromatic carbocycles. The van der Waals surface area contributed by atoms with Gasteiger partial charge in [-0.1, -0.05) is 38.8 Å². The van der Waals surface area contributed by atoms with Gasteiger partial charge in [0.1, 0.15) is 24.5 Å². The second-order valence-corrected chi connectivity index (χ2v) is 7.69. The number of benzene rings is 2. The highest BCUT2D eigenvalue weighted by molar-refractivity contribution is 5.75. The van der Waals surface area contributed by atoms with Gasteiger partial charge in [0.05, 0.1) is 0 Å². The summed E-state index contributed by atoms with van der Waals surface area (Å²) in [5.41, 5.74) is 4.82. The van der Waals surface area contributed by atoms with Crippen molar-refractivity contribution in [1.82, 2.24) is 5.32 Å². The van der Waals surface area contributed by atoms with Crippen molar-refractivity contribution in [1.29, 1.82) is 0 Å². The molecule has 0 aromatic heterocycles. The summed E-state index contributed by atoms with van der Waals surface area (Å²) in [4.78, 5) is 17.3. The fourth-order valence-electron chi connectivity index (χ4n) is 3.54. The minimum atomic E-state index is 0.386. The molecule has 2 aromatic rings. The van der Waals surface area contributed by atoms with Crippen LogP contribution in [0.3, 0.4) is 0 Å². The largest absolute Gasteiger partial charge is 0.476 e. The summed E-state index contributed by atoms with van der Waals surface area (Å²) in [6, 6.07) is 12.6. The van der Waals surface area contributed by atoms with Crippen LogP contribution in [0.5, 0.6) is 5.75 Å². The van der Waals surface area contributed by atoms with Gasteiger partial charge < -0.3 is 14.4 Å². The maximum absolute atomic E-state index is 11.1. The van der Waals surface area contributed by atoms with Crippen molar-refractivity contribution in [2.24, 2.45) is 4.99 Å². The molecule has 0 aliphatic carbocycles. The lowest BCUT2D eigenvalue weighted by atomic mass is 9.99. The van der Waals surface area contributed by atoms with Crippen molar-refractivity contribution in [3.63, 3.8) is 0 Å². The molecule has 2 rings (SSSR count). The highest BCUT2D eigenvalue weighted by Gasteiger charge is 2.11. The molecule has 5 nitrogen and oxygen atoms in total. The Morgan fingerprint density at radius 3 is 2.53 bits per heavy atom.